The molecule has 0 saturated carbocycles. The summed E-state index contributed by atoms with van der Waals surface area (Å²) in [5.74, 6) is 0.841. The lowest BCUT2D eigenvalue weighted by atomic mass is 10.3. The molecule has 1 N–H and O–H groups in total. The van der Waals surface area contributed by atoms with Crippen molar-refractivity contribution in [2.24, 2.45) is 0 Å². The van der Waals surface area contributed by atoms with Crippen molar-refractivity contribution in [2.75, 3.05) is 7.11 Å². The van der Waals surface area contributed by atoms with E-state index in [2.05, 4.69) is 9.97 Å². The molecule has 76 valence electrons. The van der Waals surface area contributed by atoms with Gasteiger partial charge in [0.25, 0.3) is 0 Å². The summed E-state index contributed by atoms with van der Waals surface area (Å²) >= 11 is 0. The molecule has 3 nitrogen and oxygen atoms in total. The summed E-state index contributed by atoms with van der Waals surface area (Å²) in [6, 6.07) is 1.85. The van der Waals surface area contributed by atoms with Gasteiger partial charge in [-0.05, 0) is 12.5 Å². The molecular formula is C11H16N2O. The summed E-state index contributed by atoms with van der Waals surface area (Å²) in [5.41, 5.74) is 3.09. The Bertz CT molecular complexity index is 407. The Morgan fingerprint density at radius 3 is 2.71 bits per heavy atom. The van der Waals surface area contributed by atoms with Gasteiger partial charge in [-0.25, -0.2) is 0 Å². The molecular weight excluding hydrogens is 176 g/mol. The summed E-state index contributed by atoms with van der Waals surface area (Å²) in [6.45, 7) is 6.02. The van der Waals surface area contributed by atoms with Crippen LogP contribution in [0.3, 0.4) is 0 Å². The van der Waals surface area contributed by atoms with Crippen molar-refractivity contribution >= 4 is 11.0 Å². The molecule has 0 aliphatic heterocycles. The molecule has 14 heavy (non-hydrogen) atoms. The number of H-pyrrole nitrogens is 1. The Labute approximate surface area is 84.1 Å². The highest BCUT2D eigenvalue weighted by molar-refractivity contribution is 5.84. The molecule has 0 amide bonds. The zero-order valence-corrected chi connectivity index (χ0v) is 9.09. The molecule has 0 radical (unpaired) electrons. The van der Waals surface area contributed by atoms with Gasteiger partial charge in [0.15, 0.2) is 0 Å². The van der Waals surface area contributed by atoms with Gasteiger partial charge in [-0.2, -0.15) is 0 Å². The number of rotatable bonds is 1. The van der Waals surface area contributed by atoms with E-state index in [-0.39, 0.29) is 0 Å². The van der Waals surface area contributed by atoms with E-state index in [1.165, 1.54) is 0 Å². The topological polar surface area (TPSA) is 37.9 Å². The highest BCUT2D eigenvalue weighted by Crippen LogP contribution is 2.23. The van der Waals surface area contributed by atoms with Gasteiger partial charge in [0.05, 0.1) is 12.6 Å². The predicted octanol–water partition coefficient (Wildman–Crippen LogP) is 2.91. The van der Waals surface area contributed by atoms with Crippen LogP contribution in [0.5, 0.6) is 5.75 Å². The highest BCUT2D eigenvalue weighted by atomic mass is 16.5. The van der Waals surface area contributed by atoms with E-state index >= 15 is 0 Å². The fourth-order valence-corrected chi connectivity index (χ4v) is 1.30. The second-order valence-corrected chi connectivity index (χ2v) is 2.71. The number of ether oxygens (including phenoxy) is 1. The number of aromatic amines is 1. The summed E-state index contributed by atoms with van der Waals surface area (Å²) in [6.07, 6.45) is 3.68. The highest BCUT2D eigenvalue weighted by Gasteiger charge is 2.04. The van der Waals surface area contributed by atoms with Crippen LogP contribution < -0.4 is 4.74 Å². The summed E-state index contributed by atoms with van der Waals surface area (Å²) in [5, 5.41) is 0. The van der Waals surface area contributed by atoms with Gasteiger partial charge in [0.2, 0.25) is 0 Å². The number of nitrogens with one attached hydrogen (secondary N) is 1. The normalized spacial score (nSPS) is 9.43. The van der Waals surface area contributed by atoms with Crippen molar-refractivity contribution in [3.63, 3.8) is 0 Å². The van der Waals surface area contributed by atoms with E-state index < -0.39 is 0 Å². The maximum absolute atomic E-state index is 5.17. The van der Waals surface area contributed by atoms with Crippen LogP contribution in [0.15, 0.2) is 18.5 Å². The third-order valence-corrected chi connectivity index (χ3v) is 1.94. The van der Waals surface area contributed by atoms with Crippen LogP contribution in [0, 0.1) is 6.92 Å². The predicted molar refractivity (Wildman–Crippen MR) is 58.7 cm³/mol. The number of aryl methyl sites for hydroxylation is 1. The quantitative estimate of drug-likeness (QED) is 0.754. The van der Waals surface area contributed by atoms with Crippen LogP contribution >= 0.6 is 0 Å². The molecule has 0 fully saturated rings. The van der Waals surface area contributed by atoms with E-state index in [0.717, 1.165) is 22.3 Å². The Balaban J connectivity index is 0.000000461. The first-order chi connectivity index (χ1) is 6.83. The van der Waals surface area contributed by atoms with Gasteiger partial charge in [-0.15, -0.1) is 0 Å². The van der Waals surface area contributed by atoms with Gasteiger partial charge in [0, 0.05) is 18.5 Å². The Morgan fingerprint density at radius 2 is 2.07 bits per heavy atom. The maximum atomic E-state index is 5.17. The lowest BCUT2D eigenvalue weighted by Crippen LogP contribution is -1.85. The fourth-order valence-electron chi connectivity index (χ4n) is 1.30. The van der Waals surface area contributed by atoms with E-state index in [9.17, 15) is 0 Å². The number of pyridine rings is 1. The van der Waals surface area contributed by atoms with Crippen molar-refractivity contribution in [1.29, 1.82) is 0 Å². The van der Waals surface area contributed by atoms with Crippen molar-refractivity contribution < 1.29 is 4.74 Å². The molecule has 0 atom stereocenters. The molecule has 0 aromatic carbocycles. The molecule has 2 aromatic rings. The van der Waals surface area contributed by atoms with Gasteiger partial charge in [0.1, 0.15) is 11.3 Å². The second kappa shape index (κ2) is 4.65. The van der Waals surface area contributed by atoms with Gasteiger partial charge < -0.3 is 9.72 Å². The van der Waals surface area contributed by atoms with Crippen molar-refractivity contribution in [3.05, 3.63) is 24.0 Å². The SMILES string of the molecule is CC.COc1ccnc2c(C)c[nH]c12. The van der Waals surface area contributed by atoms with Crippen LogP contribution in [-0.4, -0.2) is 17.1 Å². The molecule has 2 heterocycles. The number of hydrogen-bond donors (Lipinski definition) is 1. The summed E-state index contributed by atoms with van der Waals surface area (Å²) < 4.78 is 5.17. The van der Waals surface area contributed by atoms with Crippen molar-refractivity contribution in [3.8, 4) is 5.75 Å². The molecule has 3 heteroatoms. The number of hydrogen-bond acceptors (Lipinski definition) is 2. The smallest absolute Gasteiger partial charge is 0.146 e. The van der Waals surface area contributed by atoms with E-state index in [1.54, 1.807) is 13.3 Å². The minimum absolute atomic E-state index is 0.841. The average Bonchev–Trinajstić information content (AvgIpc) is 2.64. The number of fused-ring (bicyclic) bond motifs is 1. The average molecular weight is 192 g/mol. The van der Waals surface area contributed by atoms with E-state index in [4.69, 9.17) is 4.74 Å². The molecule has 0 spiro atoms. The standard InChI is InChI=1S/C9H10N2O.C2H6/c1-6-5-11-9-7(12-2)3-4-10-8(6)9;1-2/h3-5,11H,1-2H3;1-2H3. The Hall–Kier alpha value is -1.51. The second-order valence-electron chi connectivity index (χ2n) is 2.71. The van der Waals surface area contributed by atoms with Crippen LogP contribution in [0.1, 0.15) is 19.4 Å². The lowest BCUT2D eigenvalue weighted by Gasteiger charge is -1.99. The fraction of sp³-hybridized carbons (Fsp3) is 0.364. The Morgan fingerprint density at radius 1 is 1.36 bits per heavy atom. The first-order valence-electron chi connectivity index (χ1n) is 4.79. The Kier molecular flexibility index (Phi) is 3.51. The summed E-state index contributed by atoms with van der Waals surface area (Å²) in [7, 11) is 1.66. The van der Waals surface area contributed by atoms with Crippen molar-refractivity contribution in [2.45, 2.75) is 20.8 Å². The number of nitrogens with zero attached hydrogens (tertiary/aromatic N) is 1. The van der Waals surface area contributed by atoms with Gasteiger partial charge in [-0.1, -0.05) is 13.8 Å². The minimum Gasteiger partial charge on any atom is -0.494 e. The van der Waals surface area contributed by atoms with Crippen LogP contribution in [0.2, 0.25) is 0 Å². The summed E-state index contributed by atoms with van der Waals surface area (Å²) in [4.78, 5) is 7.36. The van der Waals surface area contributed by atoms with Crippen LogP contribution in [-0.2, 0) is 0 Å². The van der Waals surface area contributed by atoms with E-state index in [1.807, 2.05) is 33.0 Å². The monoisotopic (exact) mass is 192 g/mol. The van der Waals surface area contributed by atoms with Crippen LogP contribution in [0.25, 0.3) is 11.0 Å². The van der Waals surface area contributed by atoms with Gasteiger partial charge in [-0.3, -0.25) is 4.98 Å². The molecule has 2 rings (SSSR count). The molecule has 0 bridgehead atoms. The largest absolute Gasteiger partial charge is 0.494 e. The van der Waals surface area contributed by atoms with Gasteiger partial charge >= 0.3 is 0 Å². The molecule has 0 aliphatic rings. The lowest BCUT2D eigenvalue weighted by molar-refractivity contribution is 0.418. The minimum atomic E-state index is 0.841. The first kappa shape index (κ1) is 10.6. The van der Waals surface area contributed by atoms with Crippen LogP contribution in [0.4, 0.5) is 0 Å². The molecule has 0 saturated heterocycles. The molecule has 2 aromatic heterocycles. The third-order valence-electron chi connectivity index (χ3n) is 1.94. The third kappa shape index (κ3) is 1.71. The van der Waals surface area contributed by atoms with Crippen molar-refractivity contribution in [1.82, 2.24) is 9.97 Å². The maximum Gasteiger partial charge on any atom is 0.146 e. The zero-order valence-electron chi connectivity index (χ0n) is 9.09. The first-order valence-corrected chi connectivity index (χ1v) is 4.79. The van der Waals surface area contributed by atoms with E-state index in [0.29, 0.717) is 0 Å². The number of methoxy groups -OCH3 is 1. The zero-order chi connectivity index (χ0) is 10.6. The molecule has 0 unspecified atom stereocenters. The number of aromatic nitrogens is 2. The molecule has 0 aliphatic carbocycles.